The summed E-state index contributed by atoms with van der Waals surface area (Å²) < 4.78 is 24.6. The number of amides is 8. The number of imide groups is 1. The molecule has 484 valence electrons. The van der Waals surface area contributed by atoms with Crippen molar-refractivity contribution >= 4 is 81.3 Å². The number of halogens is 1. The monoisotopic (exact) mass is 1260 g/mol. The van der Waals surface area contributed by atoms with Crippen LogP contribution in [0.5, 0.6) is 0 Å². The van der Waals surface area contributed by atoms with Crippen LogP contribution in [-0.4, -0.2) is 187 Å². The number of urea groups is 1. The number of hydrogen-bond acceptors (Lipinski definition) is 16. The van der Waals surface area contributed by atoms with Gasteiger partial charge in [0.25, 0.3) is 11.8 Å². The van der Waals surface area contributed by atoms with Gasteiger partial charge in [0.05, 0.1) is 64.1 Å². The zero-order valence-electron chi connectivity index (χ0n) is 52.4. The van der Waals surface area contributed by atoms with E-state index in [0.717, 1.165) is 91.2 Å². The van der Waals surface area contributed by atoms with Gasteiger partial charge in [0.1, 0.15) is 18.2 Å². The Morgan fingerprint density at radius 2 is 1.53 bits per heavy atom. The summed E-state index contributed by atoms with van der Waals surface area (Å²) in [6.45, 7) is 10.6. The Labute approximate surface area is 530 Å². The number of nitrogens with two attached hydrogens (primary N) is 1. The Morgan fingerprint density at radius 1 is 0.811 bits per heavy atom. The highest BCUT2D eigenvalue weighted by Crippen LogP contribution is 2.32. The molecule has 0 aliphatic carbocycles. The second-order valence-electron chi connectivity index (χ2n) is 23.3. The molecular formula is C65H86ClN13O11. The van der Waals surface area contributed by atoms with E-state index in [9.17, 15) is 33.6 Å². The van der Waals surface area contributed by atoms with Crippen LogP contribution in [0.15, 0.2) is 67.0 Å². The quantitative estimate of drug-likeness (QED) is 0.0161. The molecule has 25 heteroatoms. The summed E-state index contributed by atoms with van der Waals surface area (Å²) >= 11 is 6.43. The number of carbonyl (C=O) groups excluding carboxylic acids is 7. The topological polar surface area (TPSA) is 287 Å². The third kappa shape index (κ3) is 19.3. The number of nitrogens with zero attached hydrogens (tertiary/aromatic N) is 8. The Balaban J connectivity index is 0.605. The van der Waals surface area contributed by atoms with Crippen molar-refractivity contribution in [2.24, 2.45) is 0 Å². The highest BCUT2D eigenvalue weighted by Gasteiger charge is 2.39. The van der Waals surface area contributed by atoms with E-state index < -0.39 is 17.9 Å². The van der Waals surface area contributed by atoms with E-state index >= 15 is 0 Å². The van der Waals surface area contributed by atoms with Crippen molar-refractivity contribution in [1.82, 2.24) is 50.0 Å². The number of benzene rings is 3. The Bertz CT molecular complexity index is 3370. The lowest BCUT2D eigenvalue weighted by molar-refractivity contribution is -0.137. The molecule has 0 spiro atoms. The lowest BCUT2D eigenvalue weighted by Crippen LogP contribution is -2.52. The number of fused-ring (bicyclic) bond motifs is 2. The first-order valence-electron chi connectivity index (χ1n) is 31.1. The maximum atomic E-state index is 13.9. The number of aromatic nitrogens is 4. The lowest BCUT2D eigenvalue weighted by Gasteiger charge is -2.32. The van der Waals surface area contributed by atoms with Crippen LogP contribution in [0.3, 0.4) is 0 Å². The van der Waals surface area contributed by atoms with Crippen LogP contribution >= 0.6 is 11.6 Å². The number of unbranched alkanes of at least 4 members (excludes halogenated alkanes) is 5. The van der Waals surface area contributed by atoms with Crippen LogP contribution in [0.4, 0.5) is 22.0 Å². The van der Waals surface area contributed by atoms with Gasteiger partial charge in [-0.15, -0.1) is 0 Å². The second kappa shape index (κ2) is 33.8. The molecule has 1 unspecified atom stereocenters. The smallest absolute Gasteiger partial charge is 0.319 e. The summed E-state index contributed by atoms with van der Waals surface area (Å²) in [7, 11) is 5.41. The van der Waals surface area contributed by atoms with Crippen molar-refractivity contribution in [2.45, 2.75) is 116 Å². The fourth-order valence-electron chi connectivity index (χ4n) is 11.2. The summed E-state index contributed by atoms with van der Waals surface area (Å²) in [6, 6.07) is 13.3. The number of likely N-dealkylation sites (tertiary alicyclic amines) is 1. The van der Waals surface area contributed by atoms with E-state index in [1.54, 1.807) is 58.9 Å². The van der Waals surface area contributed by atoms with Gasteiger partial charge in [-0.2, -0.15) is 5.10 Å². The summed E-state index contributed by atoms with van der Waals surface area (Å²) in [5.74, 6) is -1.48. The van der Waals surface area contributed by atoms with Crippen molar-refractivity contribution < 1.29 is 52.5 Å². The molecule has 8 amide bonds. The molecule has 90 heavy (non-hydrogen) atoms. The molecule has 2 aromatic heterocycles. The van der Waals surface area contributed by atoms with Gasteiger partial charge in [0, 0.05) is 94.4 Å². The number of piperidine rings is 2. The van der Waals surface area contributed by atoms with Gasteiger partial charge < -0.3 is 60.2 Å². The Hall–Kier alpha value is -7.87. The Morgan fingerprint density at radius 3 is 2.28 bits per heavy atom. The molecule has 5 aromatic rings. The number of hydrogen-bond donors (Lipinski definition) is 5. The molecule has 3 aromatic carbocycles. The lowest BCUT2D eigenvalue weighted by atomic mass is 9.98. The van der Waals surface area contributed by atoms with E-state index in [4.69, 9.17) is 41.4 Å². The van der Waals surface area contributed by atoms with Crippen LogP contribution in [-0.2, 0) is 64.1 Å². The van der Waals surface area contributed by atoms with Crippen LogP contribution in [0.2, 0.25) is 5.02 Å². The first kappa shape index (κ1) is 68.0. The number of ether oxygens (including phenoxy) is 4. The minimum absolute atomic E-state index is 0.0141. The number of anilines is 3. The van der Waals surface area contributed by atoms with Gasteiger partial charge in [-0.1, -0.05) is 61.6 Å². The molecule has 0 radical (unpaired) electrons. The standard InChI is InChI=1S/C65H86ClN13O11/c1-43-44(2)53(20-18-47(43)37-57(82)75(3)4)72-63(84)59-58-60(67)69-42-70-61(58)79(74-59)51-15-12-24-77(41-51)56(81)16-13-23-76(5)25-27-88-29-31-90-33-32-89-30-28-87-26-11-9-7-6-8-10-14-45-35-49(66)38-50(36-45)71-65(86)68-39-46-17-19-52-48(34-46)40-78(64(52)85)54-21-22-55(80)73-62(54)83/h13,16-20,34-36,38,42,51,54H,6-12,14-15,21-33,37,39-41H2,1-5H3,(H,72,84)(H2,67,69,70)(H2,68,71,86)(H,73,80,83)/b16-13+/t51-,54?/m0/s1. The first-order chi connectivity index (χ1) is 43.4. The average Bonchev–Trinajstić information content (AvgIpc) is 1.65. The van der Waals surface area contributed by atoms with Gasteiger partial charge in [0.2, 0.25) is 23.6 Å². The van der Waals surface area contributed by atoms with Crippen LogP contribution in [0.25, 0.3) is 11.0 Å². The highest BCUT2D eigenvalue weighted by atomic mass is 35.5. The zero-order valence-corrected chi connectivity index (χ0v) is 53.2. The minimum atomic E-state index is -0.683. The number of nitrogens with one attached hydrogen (secondary N) is 4. The van der Waals surface area contributed by atoms with Crippen molar-refractivity contribution in [3.05, 3.63) is 117 Å². The molecule has 5 heterocycles. The molecule has 3 aliphatic heterocycles. The second-order valence-corrected chi connectivity index (χ2v) is 23.7. The fourth-order valence-corrected chi connectivity index (χ4v) is 11.4. The summed E-state index contributed by atoms with van der Waals surface area (Å²) in [4.78, 5) is 105. The molecular weight excluding hydrogens is 1170 g/mol. The Kier molecular flexibility index (Phi) is 25.6. The van der Waals surface area contributed by atoms with Crippen molar-refractivity contribution in [3.8, 4) is 0 Å². The van der Waals surface area contributed by atoms with Gasteiger partial charge in [-0.25, -0.2) is 19.4 Å². The predicted octanol–water partition coefficient (Wildman–Crippen LogP) is 6.95. The third-order valence-electron chi connectivity index (χ3n) is 16.4. The van der Waals surface area contributed by atoms with E-state index in [-0.39, 0.29) is 73.1 Å². The molecule has 2 atom stereocenters. The number of likely N-dealkylation sites (N-methyl/N-ethyl adjacent to an activating group) is 2. The highest BCUT2D eigenvalue weighted by molar-refractivity contribution is 6.31. The number of aryl methyl sites for hydroxylation is 1. The molecule has 3 aliphatic rings. The van der Waals surface area contributed by atoms with Gasteiger partial charge in [-0.05, 0) is 123 Å². The normalized spacial score (nSPS) is 15.9. The summed E-state index contributed by atoms with van der Waals surface area (Å²) in [6.07, 6.45) is 14.3. The average molecular weight is 1260 g/mol. The van der Waals surface area contributed by atoms with Gasteiger partial charge in [0.15, 0.2) is 11.3 Å². The third-order valence-corrected chi connectivity index (χ3v) is 16.7. The van der Waals surface area contributed by atoms with E-state index in [2.05, 4.69) is 36.1 Å². The summed E-state index contributed by atoms with van der Waals surface area (Å²) in [5, 5.41) is 16.7. The van der Waals surface area contributed by atoms with E-state index in [1.165, 1.54) is 11.2 Å². The summed E-state index contributed by atoms with van der Waals surface area (Å²) in [5.41, 5.74) is 13.8. The number of carbonyl (C=O) groups is 7. The number of rotatable bonds is 33. The van der Waals surface area contributed by atoms with E-state index in [1.807, 2.05) is 51.2 Å². The largest absolute Gasteiger partial charge is 0.383 e. The molecule has 8 rings (SSSR count). The first-order valence-corrected chi connectivity index (χ1v) is 31.5. The maximum Gasteiger partial charge on any atom is 0.319 e. The SMILES string of the molecule is Cc1c(CC(=O)N(C)C)ccc(NC(=O)c2nn([C@H]3CCCN(C(=O)/C=C/CN(C)CCOCCOCCOCCOCCCCCCCCc4cc(Cl)cc(NC(=O)NCc5ccc6c(c5)CN(C5CCC(=O)NC5=O)C6=O)c4)C3)c3ncnc(N)c23)c1C. The van der Waals surface area contributed by atoms with Crippen molar-refractivity contribution in [3.63, 3.8) is 0 Å². The van der Waals surface area contributed by atoms with Crippen molar-refractivity contribution in [2.75, 3.05) is 117 Å². The minimum Gasteiger partial charge on any atom is -0.383 e. The van der Waals surface area contributed by atoms with E-state index in [0.29, 0.717) is 118 Å². The molecule has 24 nitrogen and oxygen atoms in total. The molecule has 0 bridgehead atoms. The molecule has 2 fully saturated rings. The number of nitrogen functional groups attached to an aromatic ring is 1. The van der Waals surface area contributed by atoms with Crippen molar-refractivity contribution in [1.29, 1.82) is 0 Å². The fraction of sp³-hybridized carbons (Fsp3) is 0.508. The van der Waals surface area contributed by atoms with Gasteiger partial charge >= 0.3 is 6.03 Å². The maximum absolute atomic E-state index is 13.9. The predicted molar refractivity (Wildman–Crippen MR) is 342 cm³/mol. The molecule has 2 saturated heterocycles. The molecule has 0 saturated carbocycles. The van der Waals surface area contributed by atoms with Crippen LogP contribution in [0, 0.1) is 13.8 Å². The van der Waals surface area contributed by atoms with Crippen LogP contribution < -0.4 is 27.0 Å². The van der Waals surface area contributed by atoms with Crippen LogP contribution in [0.1, 0.15) is 124 Å². The molecule has 6 N–H and O–H groups in total. The zero-order chi connectivity index (χ0) is 64.1. The van der Waals surface area contributed by atoms with Gasteiger partial charge in [-0.3, -0.25) is 34.1 Å².